The van der Waals surface area contributed by atoms with Gasteiger partial charge in [-0.3, -0.25) is 4.79 Å². The van der Waals surface area contributed by atoms with Crippen molar-refractivity contribution in [2.24, 2.45) is 4.99 Å². The number of rotatable bonds is 4. The number of fused-ring (bicyclic) bond motifs is 2. The number of carbonyl (C=O) groups is 1. The van der Waals surface area contributed by atoms with Crippen LogP contribution < -0.4 is 5.73 Å². The molecular weight excluding hydrogens is 397 g/mol. The minimum atomic E-state index is -0.319. The topological polar surface area (TPSA) is 112 Å². The first-order valence-corrected chi connectivity index (χ1v) is 9.87. The molecule has 0 spiro atoms. The van der Waals surface area contributed by atoms with Crippen molar-refractivity contribution in [3.8, 4) is 11.5 Å². The van der Waals surface area contributed by atoms with E-state index in [0.717, 1.165) is 0 Å². The number of aromatic nitrogens is 5. The van der Waals surface area contributed by atoms with Crippen molar-refractivity contribution in [2.75, 3.05) is 5.73 Å². The van der Waals surface area contributed by atoms with Crippen LogP contribution in [0, 0.1) is 5.82 Å². The highest BCUT2D eigenvalue weighted by Crippen LogP contribution is 2.33. The minimum absolute atomic E-state index is 0.0735. The Morgan fingerprint density at radius 3 is 2.81 bits per heavy atom. The Morgan fingerprint density at radius 1 is 1.16 bits per heavy atom. The number of carbonyl (C=O) groups excluding carboxylic acids is 1. The zero-order chi connectivity index (χ0) is 21.5. The summed E-state index contributed by atoms with van der Waals surface area (Å²) in [6.45, 7) is 2.07. The number of pyridine rings is 1. The fraction of sp³-hybridized carbons (Fsp3) is 0.182. The molecule has 0 bridgehead atoms. The number of nitrogens with zero attached hydrogens (tertiary/aromatic N) is 6. The first kappa shape index (κ1) is 19.0. The van der Waals surface area contributed by atoms with Crippen LogP contribution >= 0.6 is 0 Å². The molecule has 4 heterocycles. The Bertz CT molecular complexity index is 1380. The van der Waals surface area contributed by atoms with Crippen LogP contribution in [0.2, 0.25) is 0 Å². The minimum Gasteiger partial charge on any atom is -0.382 e. The van der Waals surface area contributed by atoms with Gasteiger partial charge in [0.05, 0.1) is 29.8 Å². The average molecular weight is 415 g/mol. The van der Waals surface area contributed by atoms with Gasteiger partial charge in [-0.05, 0) is 24.6 Å². The molecule has 0 fully saturated rings. The molecule has 1 aliphatic rings. The summed E-state index contributed by atoms with van der Waals surface area (Å²) in [4.78, 5) is 30.0. The second-order valence-electron chi connectivity index (χ2n) is 7.21. The number of aliphatic imine (C=N–C) groups is 1. The first-order chi connectivity index (χ1) is 15.0. The molecule has 1 aromatic carbocycles. The Hall–Kier alpha value is -4.01. The molecule has 0 radical (unpaired) electrons. The highest BCUT2D eigenvalue weighted by atomic mass is 19.1. The Balaban J connectivity index is 1.64. The lowest BCUT2D eigenvalue weighted by Gasteiger charge is -2.14. The number of ketones is 1. The van der Waals surface area contributed by atoms with E-state index in [2.05, 4.69) is 25.0 Å². The van der Waals surface area contributed by atoms with Gasteiger partial charge in [0.15, 0.2) is 23.1 Å². The van der Waals surface area contributed by atoms with Crippen molar-refractivity contribution in [1.29, 1.82) is 0 Å². The maximum atomic E-state index is 14.2. The highest BCUT2D eigenvalue weighted by Gasteiger charge is 2.25. The van der Waals surface area contributed by atoms with Crippen molar-refractivity contribution >= 4 is 34.0 Å². The van der Waals surface area contributed by atoms with Crippen molar-refractivity contribution in [3.63, 3.8) is 0 Å². The fourth-order valence-electron chi connectivity index (χ4n) is 3.67. The molecule has 1 aliphatic heterocycles. The number of anilines is 1. The summed E-state index contributed by atoms with van der Waals surface area (Å²) in [5.41, 5.74) is 9.08. The second-order valence-corrected chi connectivity index (χ2v) is 7.21. The van der Waals surface area contributed by atoms with Crippen molar-refractivity contribution < 1.29 is 9.18 Å². The van der Waals surface area contributed by atoms with Crippen molar-refractivity contribution in [2.45, 2.75) is 26.3 Å². The van der Waals surface area contributed by atoms with E-state index >= 15 is 0 Å². The van der Waals surface area contributed by atoms with E-state index in [1.54, 1.807) is 35.1 Å². The second kappa shape index (κ2) is 7.35. The molecule has 8 nitrogen and oxygen atoms in total. The lowest BCUT2D eigenvalue weighted by molar-refractivity contribution is -0.112. The van der Waals surface area contributed by atoms with Gasteiger partial charge in [-0.15, -0.1) is 0 Å². The van der Waals surface area contributed by atoms with Crippen LogP contribution in [0.1, 0.15) is 24.6 Å². The molecule has 0 saturated heterocycles. The molecular formula is C22H18FN7O. The normalized spacial score (nSPS) is 13.4. The van der Waals surface area contributed by atoms with Crippen molar-refractivity contribution in [3.05, 3.63) is 59.7 Å². The summed E-state index contributed by atoms with van der Waals surface area (Å²) >= 11 is 0. The summed E-state index contributed by atoms with van der Waals surface area (Å²) in [7, 11) is 0. The fourth-order valence-corrected chi connectivity index (χ4v) is 3.67. The zero-order valence-corrected chi connectivity index (χ0v) is 16.7. The third-order valence-electron chi connectivity index (χ3n) is 5.21. The maximum Gasteiger partial charge on any atom is 0.183 e. The van der Waals surface area contributed by atoms with E-state index < -0.39 is 0 Å². The van der Waals surface area contributed by atoms with Gasteiger partial charge >= 0.3 is 0 Å². The molecule has 0 aliphatic carbocycles. The Kier molecular flexibility index (Phi) is 4.50. The lowest BCUT2D eigenvalue weighted by atomic mass is 10.0. The van der Waals surface area contributed by atoms with Gasteiger partial charge < -0.3 is 5.73 Å². The predicted octanol–water partition coefficient (Wildman–Crippen LogP) is 3.27. The SMILES string of the molecule is CCC1=Nc2c(N)nc(-c3nn(Cc4ccccc4F)c4ncccc34)nc2CC1=O. The molecule has 0 unspecified atom stereocenters. The summed E-state index contributed by atoms with van der Waals surface area (Å²) in [6, 6.07) is 10.2. The van der Waals surface area contributed by atoms with Gasteiger partial charge in [-0.2, -0.15) is 5.10 Å². The molecule has 4 aromatic rings. The van der Waals surface area contributed by atoms with E-state index in [-0.39, 0.29) is 36.2 Å². The largest absolute Gasteiger partial charge is 0.382 e. The number of hydrogen-bond donors (Lipinski definition) is 1. The number of nitrogen functional groups attached to an aromatic ring is 1. The van der Waals surface area contributed by atoms with Gasteiger partial charge in [-0.1, -0.05) is 25.1 Å². The predicted molar refractivity (Wildman–Crippen MR) is 115 cm³/mol. The van der Waals surface area contributed by atoms with Crippen LogP contribution in [-0.4, -0.2) is 36.2 Å². The number of hydrogen-bond acceptors (Lipinski definition) is 7. The average Bonchev–Trinajstić information content (AvgIpc) is 3.13. The molecule has 2 N–H and O–H groups in total. The molecule has 9 heteroatoms. The monoisotopic (exact) mass is 415 g/mol. The van der Waals surface area contributed by atoms with Crippen LogP contribution in [-0.2, 0) is 17.8 Å². The van der Waals surface area contributed by atoms with E-state index in [9.17, 15) is 9.18 Å². The lowest BCUT2D eigenvalue weighted by Crippen LogP contribution is -2.21. The van der Waals surface area contributed by atoms with Crippen molar-refractivity contribution in [1.82, 2.24) is 24.7 Å². The van der Waals surface area contributed by atoms with E-state index in [4.69, 9.17) is 5.73 Å². The van der Waals surface area contributed by atoms with Crippen LogP contribution in [0.3, 0.4) is 0 Å². The summed E-state index contributed by atoms with van der Waals surface area (Å²) in [6.07, 6.45) is 2.29. The van der Waals surface area contributed by atoms with Crippen LogP contribution in [0.25, 0.3) is 22.6 Å². The van der Waals surface area contributed by atoms with Gasteiger partial charge in [0.25, 0.3) is 0 Å². The van der Waals surface area contributed by atoms with Crippen LogP contribution in [0.15, 0.2) is 47.6 Å². The van der Waals surface area contributed by atoms with E-state index in [1.165, 1.54) is 6.07 Å². The first-order valence-electron chi connectivity index (χ1n) is 9.87. The Morgan fingerprint density at radius 2 is 2.00 bits per heavy atom. The maximum absolute atomic E-state index is 14.2. The highest BCUT2D eigenvalue weighted by molar-refractivity contribution is 6.41. The molecule has 5 rings (SSSR count). The summed E-state index contributed by atoms with van der Waals surface area (Å²) < 4.78 is 15.8. The number of benzene rings is 1. The molecule has 154 valence electrons. The standard InChI is InChI=1S/C22H18FN7O/c1-2-15-17(31)10-16-19(26-15)20(24)28-21(27-16)18-13-7-5-9-25-22(13)30(29-18)11-12-6-3-4-8-14(12)23/h3-9H,2,10-11H2,1H3,(H2,24,27,28). The molecule has 31 heavy (non-hydrogen) atoms. The number of Topliss-reactive ketones (excluding diaryl/α,β-unsaturated/α-hetero) is 1. The van der Waals surface area contributed by atoms with Gasteiger partial charge in [-0.25, -0.2) is 29.0 Å². The van der Waals surface area contributed by atoms with Gasteiger partial charge in [0, 0.05) is 11.8 Å². The third-order valence-corrected chi connectivity index (χ3v) is 5.21. The Labute approximate surface area is 176 Å². The summed E-state index contributed by atoms with van der Waals surface area (Å²) in [5.74, 6) is 0.0836. The van der Waals surface area contributed by atoms with Crippen LogP contribution in [0.5, 0.6) is 0 Å². The molecule has 0 amide bonds. The smallest absolute Gasteiger partial charge is 0.183 e. The van der Waals surface area contributed by atoms with E-state index in [0.29, 0.717) is 45.8 Å². The zero-order valence-electron chi connectivity index (χ0n) is 16.7. The summed E-state index contributed by atoms with van der Waals surface area (Å²) in [5, 5.41) is 5.33. The third kappa shape index (κ3) is 3.24. The quantitative estimate of drug-likeness (QED) is 0.547. The molecule has 0 atom stereocenters. The van der Waals surface area contributed by atoms with Crippen LogP contribution in [0.4, 0.5) is 15.9 Å². The van der Waals surface area contributed by atoms with E-state index in [1.807, 2.05) is 13.0 Å². The number of nitrogens with two attached hydrogens (primary N) is 1. The van der Waals surface area contributed by atoms with Gasteiger partial charge in [0.2, 0.25) is 0 Å². The number of halogens is 1. The molecule has 0 saturated carbocycles. The molecule has 3 aromatic heterocycles. The van der Waals surface area contributed by atoms with Gasteiger partial charge in [0.1, 0.15) is 17.2 Å².